The molecule has 0 spiro atoms. The Hall–Kier alpha value is -3.40. The number of H-pyrrole nitrogens is 2. The summed E-state index contributed by atoms with van der Waals surface area (Å²) < 4.78 is 38.0. The van der Waals surface area contributed by atoms with Crippen LogP contribution in [0.1, 0.15) is 11.3 Å². The monoisotopic (exact) mass is 418 g/mol. The van der Waals surface area contributed by atoms with Gasteiger partial charge in [0.15, 0.2) is 0 Å². The summed E-state index contributed by atoms with van der Waals surface area (Å²) in [6, 6.07) is 9.71. The molecule has 0 saturated heterocycles. The summed E-state index contributed by atoms with van der Waals surface area (Å²) in [7, 11) is 0. The average Bonchev–Trinajstić information content (AvgIpc) is 3.26. The van der Waals surface area contributed by atoms with Crippen molar-refractivity contribution in [1.82, 2.24) is 15.0 Å². The van der Waals surface area contributed by atoms with Gasteiger partial charge in [-0.15, -0.1) is 11.3 Å². The number of nitrogens with zero attached hydrogens (tertiary/aromatic N) is 1. The van der Waals surface area contributed by atoms with Crippen LogP contribution >= 0.6 is 11.3 Å². The number of nitrogens with one attached hydrogen (secondary N) is 3. The first-order valence-electron chi connectivity index (χ1n) is 8.42. The molecule has 0 atom stereocenters. The lowest BCUT2D eigenvalue weighted by atomic mass is 10.1. The zero-order valence-electron chi connectivity index (χ0n) is 14.6. The molecule has 2 aromatic heterocycles. The lowest BCUT2D eigenvalue weighted by Crippen LogP contribution is -2.14. The predicted molar refractivity (Wildman–Crippen MR) is 104 cm³/mol. The molecule has 0 aliphatic heterocycles. The van der Waals surface area contributed by atoms with Crippen LogP contribution in [0.3, 0.4) is 0 Å². The van der Waals surface area contributed by atoms with E-state index in [0.717, 1.165) is 12.1 Å². The number of hydrogen-bond donors (Lipinski definition) is 3. The second-order valence-corrected chi connectivity index (χ2v) is 7.14. The van der Waals surface area contributed by atoms with Gasteiger partial charge < -0.3 is 15.3 Å². The molecule has 148 valence electrons. The number of halogens is 3. The Balaban J connectivity index is 1.44. The van der Waals surface area contributed by atoms with Gasteiger partial charge in [-0.1, -0.05) is 12.1 Å². The molecular weight excluding hydrogens is 405 g/mol. The highest BCUT2D eigenvalue weighted by Crippen LogP contribution is 2.31. The molecule has 2 aromatic carbocycles. The molecule has 6 nitrogen and oxygen atoms in total. The maximum atomic E-state index is 12.7. The first kappa shape index (κ1) is 18.9. The van der Waals surface area contributed by atoms with Crippen molar-refractivity contribution >= 4 is 34.0 Å². The largest absolute Gasteiger partial charge is 0.416 e. The molecule has 3 N–H and O–H groups in total. The van der Waals surface area contributed by atoms with Gasteiger partial charge in [0.05, 0.1) is 28.7 Å². The predicted octanol–water partition coefficient (Wildman–Crippen LogP) is 4.18. The molecule has 29 heavy (non-hydrogen) atoms. The van der Waals surface area contributed by atoms with Crippen molar-refractivity contribution in [2.45, 2.75) is 12.6 Å². The molecule has 0 saturated carbocycles. The number of aromatic nitrogens is 3. The number of amides is 1. The van der Waals surface area contributed by atoms with Crippen molar-refractivity contribution in [1.29, 1.82) is 0 Å². The van der Waals surface area contributed by atoms with Crippen molar-refractivity contribution in [3.8, 4) is 10.6 Å². The van der Waals surface area contributed by atoms with Crippen LogP contribution in [0.15, 0.2) is 52.6 Å². The normalized spacial score (nSPS) is 11.7. The Kier molecular flexibility index (Phi) is 4.71. The number of imidazole rings is 1. The fraction of sp³-hybridized carbons (Fsp3) is 0.105. The molecule has 2 heterocycles. The summed E-state index contributed by atoms with van der Waals surface area (Å²) in [5, 5.41) is 4.96. The number of alkyl halides is 3. The number of benzene rings is 2. The molecule has 0 bridgehead atoms. The Morgan fingerprint density at radius 3 is 2.52 bits per heavy atom. The minimum absolute atomic E-state index is 0.0127. The third-order valence-electron chi connectivity index (χ3n) is 4.15. The van der Waals surface area contributed by atoms with Crippen LogP contribution < -0.4 is 11.0 Å². The van der Waals surface area contributed by atoms with Crippen LogP contribution in [0, 0.1) is 0 Å². The van der Waals surface area contributed by atoms with Gasteiger partial charge in [-0.2, -0.15) is 13.2 Å². The van der Waals surface area contributed by atoms with Crippen LogP contribution in [-0.2, 0) is 17.4 Å². The summed E-state index contributed by atoms with van der Waals surface area (Å²) >= 11 is 1.25. The van der Waals surface area contributed by atoms with E-state index in [-0.39, 0.29) is 18.0 Å². The molecule has 4 rings (SSSR count). The second kappa shape index (κ2) is 7.21. The first-order valence-corrected chi connectivity index (χ1v) is 9.30. The average molecular weight is 418 g/mol. The Morgan fingerprint density at radius 2 is 1.79 bits per heavy atom. The lowest BCUT2D eigenvalue weighted by molar-refractivity contribution is -0.137. The van der Waals surface area contributed by atoms with Crippen molar-refractivity contribution in [3.05, 3.63) is 69.6 Å². The fourth-order valence-electron chi connectivity index (χ4n) is 2.80. The van der Waals surface area contributed by atoms with E-state index >= 15 is 0 Å². The third kappa shape index (κ3) is 4.21. The number of hydrogen-bond acceptors (Lipinski definition) is 4. The van der Waals surface area contributed by atoms with Gasteiger partial charge in [-0.3, -0.25) is 4.79 Å². The van der Waals surface area contributed by atoms with E-state index < -0.39 is 11.7 Å². The highest BCUT2D eigenvalue weighted by molar-refractivity contribution is 7.13. The number of fused-ring (bicyclic) bond motifs is 1. The van der Waals surface area contributed by atoms with E-state index in [9.17, 15) is 22.8 Å². The van der Waals surface area contributed by atoms with Crippen LogP contribution in [0.4, 0.5) is 18.9 Å². The summed E-state index contributed by atoms with van der Waals surface area (Å²) in [5.74, 6) is -0.300. The van der Waals surface area contributed by atoms with E-state index in [2.05, 4.69) is 20.3 Å². The molecular formula is C19H13F3N4O2S. The summed E-state index contributed by atoms with van der Waals surface area (Å²) in [6.07, 6.45) is -4.38. The molecule has 1 amide bonds. The third-order valence-corrected chi connectivity index (χ3v) is 5.09. The summed E-state index contributed by atoms with van der Waals surface area (Å²) in [4.78, 5) is 33.1. The number of carbonyl (C=O) groups is 1. The van der Waals surface area contributed by atoms with Crippen molar-refractivity contribution in [2.75, 3.05) is 5.32 Å². The zero-order valence-corrected chi connectivity index (χ0v) is 15.4. The SMILES string of the molecule is O=C(Cc1csc(-c2ccc(C(F)(F)F)cc2)n1)Nc1ccc2[nH]c(=O)[nH]c2c1. The maximum Gasteiger partial charge on any atom is 0.416 e. The Morgan fingerprint density at radius 1 is 1.07 bits per heavy atom. The maximum absolute atomic E-state index is 12.7. The minimum atomic E-state index is -4.39. The molecule has 0 aliphatic rings. The van der Waals surface area contributed by atoms with E-state index in [1.165, 1.54) is 23.5 Å². The molecule has 4 aromatic rings. The fourth-order valence-corrected chi connectivity index (χ4v) is 3.63. The Labute approximate surface area is 165 Å². The Bertz CT molecular complexity index is 1240. The van der Waals surface area contributed by atoms with Gasteiger partial charge in [-0.25, -0.2) is 9.78 Å². The topological polar surface area (TPSA) is 90.6 Å². The smallest absolute Gasteiger partial charge is 0.326 e. The molecule has 10 heteroatoms. The number of thiazole rings is 1. The quantitative estimate of drug-likeness (QED) is 0.464. The molecule has 0 aliphatic carbocycles. The lowest BCUT2D eigenvalue weighted by Gasteiger charge is -2.06. The molecule has 0 unspecified atom stereocenters. The van der Waals surface area contributed by atoms with Gasteiger partial charge in [0.1, 0.15) is 5.01 Å². The number of rotatable bonds is 4. The van der Waals surface area contributed by atoms with Crippen LogP contribution in [-0.4, -0.2) is 20.9 Å². The van der Waals surface area contributed by atoms with Gasteiger partial charge >= 0.3 is 11.9 Å². The van der Waals surface area contributed by atoms with E-state index in [1.807, 2.05) is 0 Å². The van der Waals surface area contributed by atoms with Gasteiger partial charge in [0.25, 0.3) is 0 Å². The highest BCUT2D eigenvalue weighted by atomic mass is 32.1. The standard InChI is InChI=1S/C19H13F3N4O2S/c20-19(21,22)11-3-1-10(2-4-11)17-24-13(9-29-17)8-16(27)23-12-5-6-14-15(7-12)26-18(28)25-14/h1-7,9H,8H2,(H,23,27)(H2,25,26,28). The van der Waals surface area contributed by atoms with Crippen molar-refractivity contribution in [3.63, 3.8) is 0 Å². The highest BCUT2D eigenvalue weighted by Gasteiger charge is 2.30. The van der Waals surface area contributed by atoms with Gasteiger partial charge in [-0.05, 0) is 30.3 Å². The van der Waals surface area contributed by atoms with Crippen molar-refractivity contribution < 1.29 is 18.0 Å². The van der Waals surface area contributed by atoms with E-state index in [0.29, 0.717) is 33.0 Å². The van der Waals surface area contributed by atoms with Crippen LogP contribution in [0.5, 0.6) is 0 Å². The first-order chi connectivity index (χ1) is 13.8. The van der Waals surface area contributed by atoms with E-state index in [1.54, 1.807) is 23.6 Å². The number of aromatic amines is 2. The van der Waals surface area contributed by atoms with Gasteiger partial charge in [0, 0.05) is 16.6 Å². The molecule has 0 radical (unpaired) electrons. The molecule has 0 fully saturated rings. The van der Waals surface area contributed by atoms with Gasteiger partial charge in [0.2, 0.25) is 5.91 Å². The zero-order chi connectivity index (χ0) is 20.6. The summed E-state index contributed by atoms with van der Waals surface area (Å²) in [5.41, 5.74) is 1.74. The van der Waals surface area contributed by atoms with Crippen LogP contribution in [0.25, 0.3) is 21.6 Å². The number of carbonyl (C=O) groups excluding carboxylic acids is 1. The van der Waals surface area contributed by atoms with Crippen molar-refractivity contribution in [2.24, 2.45) is 0 Å². The summed E-state index contributed by atoms with van der Waals surface area (Å²) in [6.45, 7) is 0. The minimum Gasteiger partial charge on any atom is -0.326 e. The second-order valence-electron chi connectivity index (χ2n) is 6.28. The van der Waals surface area contributed by atoms with E-state index in [4.69, 9.17) is 0 Å². The van der Waals surface area contributed by atoms with Crippen LogP contribution in [0.2, 0.25) is 0 Å². The number of anilines is 1.